The van der Waals surface area contributed by atoms with Gasteiger partial charge in [-0.25, -0.2) is 9.78 Å². The number of urea groups is 1. The lowest BCUT2D eigenvalue weighted by Gasteiger charge is -2.26. The van der Waals surface area contributed by atoms with Gasteiger partial charge in [-0.2, -0.15) is 0 Å². The fourth-order valence-corrected chi connectivity index (χ4v) is 4.13. The van der Waals surface area contributed by atoms with Crippen LogP contribution >= 0.6 is 23.2 Å². The van der Waals surface area contributed by atoms with Crippen molar-refractivity contribution in [3.05, 3.63) is 64.3 Å². The highest BCUT2D eigenvalue weighted by atomic mass is 35.5. The van der Waals surface area contributed by atoms with Crippen molar-refractivity contribution in [2.75, 3.05) is 38.8 Å². The second-order valence-corrected chi connectivity index (χ2v) is 8.42. The van der Waals surface area contributed by atoms with Gasteiger partial charge in [-0.05, 0) is 50.4 Å². The molecule has 12 heteroatoms. The minimum atomic E-state index is -0.732. The van der Waals surface area contributed by atoms with E-state index in [0.29, 0.717) is 45.7 Å². The first-order valence-electron chi connectivity index (χ1n) is 11.7. The Kier molecular flexibility index (Phi) is 12.9. The SMILES string of the molecule is CCOC(COC)CN(C(=O)NC=O)c1nc(-c2ccccc2Cl)n(-c2ccc(Cl)cc2)c1CC=O.CN. The van der Waals surface area contributed by atoms with Gasteiger partial charge in [0, 0.05) is 36.4 Å². The molecule has 2 aromatic carbocycles. The number of aromatic nitrogens is 2. The number of amides is 3. The highest BCUT2D eigenvalue weighted by Crippen LogP contribution is 2.35. The number of nitrogens with two attached hydrogens (primary N) is 1. The van der Waals surface area contributed by atoms with Gasteiger partial charge in [0.2, 0.25) is 6.41 Å². The molecule has 0 bridgehead atoms. The number of benzene rings is 2. The highest BCUT2D eigenvalue weighted by Gasteiger charge is 2.30. The van der Waals surface area contributed by atoms with Crippen LogP contribution < -0.4 is 16.0 Å². The summed E-state index contributed by atoms with van der Waals surface area (Å²) in [7, 11) is 3.02. The maximum atomic E-state index is 13.1. The number of imide groups is 1. The number of methoxy groups -OCH3 is 1. The van der Waals surface area contributed by atoms with E-state index in [9.17, 15) is 14.4 Å². The molecule has 0 fully saturated rings. The van der Waals surface area contributed by atoms with Crippen LogP contribution in [-0.4, -0.2) is 68.3 Å². The maximum absolute atomic E-state index is 13.1. The fourth-order valence-electron chi connectivity index (χ4n) is 3.78. The Bertz CT molecular complexity index is 1200. The van der Waals surface area contributed by atoms with E-state index in [1.807, 2.05) is 13.0 Å². The van der Waals surface area contributed by atoms with Crippen molar-refractivity contribution in [3.8, 4) is 17.1 Å². The molecule has 0 saturated carbocycles. The molecule has 1 aromatic heterocycles. The molecule has 0 aliphatic carbocycles. The Balaban J connectivity index is 0.00000247. The Morgan fingerprint density at radius 3 is 2.42 bits per heavy atom. The average Bonchev–Trinajstić information content (AvgIpc) is 3.28. The molecule has 10 nitrogen and oxygen atoms in total. The Morgan fingerprint density at radius 1 is 1.16 bits per heavy atom. The van der Waals surface area contributed by atoms with Crippen molar-refractivity contribution in [2.45, 2.75) is 19.4 Å². The maximum Gasteiger partial charge on any atom is 0.329 e. The van der Waals surface area contributed by atoms with Crippen LogP contribution in [0.25, 0.3) is 17.1 Å². The van der Waals surface area contributed by atoms with Crippen LogP contribution in [0.2, 0.25) is 10.0 Å². The number of nitrogens with zero attached hydrogens (tertiary/aromatic N) is 3. The molecule has 1 heterocycles. The van der Waals surface area contributed by atoms with E-state index in [4.69, 9.17) is 37.7 Å². The van der Waals surface area contributed by atoms with Crippen molar-refractivity contribution in [1.82, 2.24) is 14.9 Å². The van der Waals surface area contributed by atoms with E-state index in [0.717, 1.165) is 0 Å². The van der Waals surface area contributed by atoms with Gasteiger partial charge in [0.15, 0.2) is 5.82 Å². The number of ether oxygens (including phenoxy) is 2. The van der Waals surface area contributed by atoms with E-state index < -0.39 is 12.1 Å². The van der Waals surface area contributed by atoms with Gasteiger partial charge < -0.3 is 20.0 Å². The zero-order valence-corrected chi connectivity index (χ0v) is 22.9. The summed E-state index contributed by atoms with van der Waals surface area (Å²) in [5.74, 6) is 0.575. The summed E-state index contributed by atoms with van der Waals surface area (Å²) in [4.78, 5) is 42.1. The van der Waals surface area contributed by atoms with E-state index in [2.05, 4.69) is 11.1 Å². The van der Waals surface area contributed by atoms with Crippen molar-refractivity contribution >= 4 is 47.7 Å². The van der Waals surface area contributed by atoms with Gasteiger partial charge in [0.25, 0.3) is 0 Å². The summed E-state index contributed by atoms with van der Waals surface area (Å²) in [6, 6.07) is 13.3. The number of anilines is 1. The molecule has 0 aliphatic rings. The molecule has 3 N–H and O–H groups in total. The van der Waals surface area contributed by atoms with Crippen LogP contribution in [0.5, 0.6) is 0 Å². The van der Waals surface area contributed by atoms with Gasteiger partial charge >= 0.3 is 6.03 Å². The molecular formula is C26H31Cl2N5O5. The third kappa shape index (κ3) is 7.62. The summed E-state index contributed by atoms with van der Waals surface area (Å²) in [6.07, 6.45) is 0.398. The smallest absolute Gasteiger partial charge is 0.329 e. The molecule has 204 valence electrons. The molecule has 38 heavy (non-hydrogen) atoms. The zero-order chi connectivity index (χ0) is 28.1. The van der Waals surface area contributed by atoms with Crippen LogP contribution in [0.15, 0.2) is 48.5 Å². The number of carbonyl (C=O) groups is 3. The van der Waals surface area contributed by atoms with Gasteiger partial charge in [0.05, 0.1) is 30.0 Å². The molecule has 0 radical (unpaired) electrons. The minimum Gasteiger partial charge on any atom is -0.382 e. The number of carbonyl (C=O) groups excluding carboxylic acids is 3. The number of hydrogen-bond acceptors (Lipinski definition) is 7. The summed E-state index contributed by atoms with van der Waals surface area (Å²) >= 11 is 12.6. The van der Waals surface area contributed by atoms with E-state index in [1.54, 1.807) is 47.0 Å². The number of aldehydes is 1. The minimum absolute atomic E-state index is 0.00675. The summed E-state index contributed by atoms with van der Waals surface area (Å²) in [5.41, 5.74) is 6.15. The van der Waals surface area contributed by atoms with Crippen molar-refractivity contribution in [2.24, 2.45) is 5.73 Å². The topological polar surface area (TPSA) is 129 Å². The first-order valence-corrected chi connectivity index (χ1v) is 12.5. The van der Waals surface area contributed by atoms with Crippen LogP contribution in [0.4, 0.5) is 10.6 Å². The number of imidazole rings is 1. The normalized spacial score (nSPS) is 11.2. The molecule has 0 saturated heterocycles. The molecule has 1 atom stereocenters. The van der Waals surface area contributed by atoms with Gasteiger partial charge in [0.1, 0.15) is 12.1 Å². The first-order chi connectivity index (χ1) is 18.4. The van der Waals surface area contributed by atoms with Gasteiger partial charge in [-0.3, -0.25) is 19.6 Å². The summed E-state index contributed by atoms with van der Waals surface area (Å²) < 4.78 is 12.7. The van der Waals surface area contributed by atoms with E-state index in [-0.39, 0.29) is 31.8 Å². The second kappa shape index (κ2) is 15.9. The second-order valence-electron chi connectivity index (χ2n) is 7.58. The summed E-state index contributed by atoms with van der Waals surface area (Å²) in [6.45, 7) is 2.40. The lowest BCUT2D eigenvalue weighted by Crippen LogP contribution is -2.46. The Labute approximate surface area is 231 Å². The van der Waals surface area contributed by atoms with Crippen molar-refractivity contribution < 1.29 is 23.9 Å². The van der Waals surface area contributed by atoms with E-state index in [1.165, 1.54) is 19.1 Å². The standard InChI is InChI=1S/C25H26Cl2N4O5.CH5N/c1-3-36-19(15-35-2)14-30(25(34)28-16-33)24-22(12-13-32)31(18-10-8-17(26)9-11-18)23(29-24)20-6-4-5-7-21(20)27;1-2/h4-11,13,16,19H,3,12,14-15H2,1-2H3,(H,28,33,34);2H2,1H3. The molecular weight excluding hydrogens is 533 g/mol. The number of nitrogens with one attached hydrogen (secondary N) is 1. The number of rotatable bonds is 12. The highest BCUT2D eigenvalue weighted by molar-refractivity contribution is 6.33. The molecule has 3 aromatic rings. The predicted molar refractivity (Wildman–Crippen MR) is 148 cm³/mol. The largest absolute Gasteiger partial charge is 0.382 e. The van der Waals surface area contributed by atoms with E-state index >= 15 is 0 Å². The molecule has 0 spiro atoms. The van der Waals surface area contributed by atoms with Crippen LogP contribution in [0.1, 0.15) is 12.6 Å². The summed E-state index contributed by atoms with van der Waals surface area (Å²) in [5, 5.41) is 3.12. The van der Waals surface area contributed by atoms with Crippen LogP contribution in [-0.2, 0) is 25.5 Å². The molecule has 3 rings (SSSR count). The average molecular weight is 564 g/mol. The number of halogens is 2. The quantitative estimate of drug-likeness (QED) is 0.320. The van der Waals surface area contributed by atoms with Crippen molar-refractivity contribution in [3.63, 3.8) is 0 Å². The fraction of sp³-hybridized carbons (Fsp3) is 0.308. The molecule has 0 aliphatic heterocycles. The monoisotopic (exact) mass is 563 g/mol. The Morgan fingerprint density at radius 2 is 1.84 bits per heavy atom. The van der Waals surface area contributed by atoms with Crippen molar-refractivity contribution in [1.29, 1.82) is 0 Å². The number of hydrogen-bond donors (Lipinski definition) is 2. The first kappa shape index (κ1) is 30.9. The van der Waals surface area contributed by atoms with Gasteiger partial charge in [-0.15, -0.1) is 0 Å². The predicted octanol–water partition coefficient (Wildman–Crippen LogP) is 3.89. The Hall–Kier alpha value is -3.28. The lowest BCUT2D eigenvalue weighted by molar-refractivity contribution is -0.109. The zero-order valence-electron chi connectivity index (χ0n) is 21.4. The van der Waals surface area contributed by atoms with Gasteiger partial charge in [-0.1, -0.05) is 35.3 Å². The third-order valence-electron chi connectivity index (χ3n) is 5.25. The van der Waals surface area contributed by atoms with Crippen LogP contribution in [0, 0.1) is 0 Å². The lowest BCUT2D eigenvalue weighted by atomic mass is 10.2. The molecule has 3 amide bonds. The third-order valence-corrected chi connectivity index (χ3v) is 5.83. The van der Waals surface area contributed by atoms with Crippen LogP contribution in [0.3, 0.4) is 0 Å². The molecule has 1 unspecified atom stereocenters.